The smallest absolute Gasteiger partial charge is 0.0131 e. The van der Waals surface area contributed by atoms with Gasteiger partial charge in [0, 0.05) is 0 Å². The predicted molar refractivity (Wildman–Crippen MR) is 46.6 cm³/mol. The van der Waals surface area contributed by atoms with Crippen molar-refractivity contribution in [2.24, 2.45) is 5.41 Å². The van der Waals surface area contributed by atoms with Crippen LogP contribution in [-0.4, -0.2) is 0 Å². The molecule has 0 saturated carbocycles. The van der Waals surface area contributed by atoms with Crippen molar-refractivity contribution in [1.29, 1.82) is 0 Å². The molecule has 0 bridgehead atoms. The van der Waals surface area contributed by atoms with E-state index in [0.717, 1.165) is 6.42 Å². The molecule has 0 nitrogen and oxygen atoms in total. The summed E-state index contributed by atoms with van der Waals surface area (Å²) in [7, 11) is 0. The first-order valence-corrected chi connectivity index (χ1v) is 3.37. The number of hydrogen-bond donors (Lipinski definition) is 0. The van der Waals surface area contributed by atoms with Crippen LogP contribution in [-0.2, 0) is 0 Å². The second-order valence-corrected chi connectivity index (χ2v) is 2.98. The van der Waals surface area contributed by atoms with E-state index in [9.17, 15) is 0 Å². The van der Waals surface area contributed by atoms with Crippen LogP contribution in [0, 0.1) is 17.8 Å². The molecule has 0 amide bonds. The van der Waals surface area contributed by atoms with Crippen LogP contribution in [0.3, 0.4) is 0 Å². The van der Waals surface area contributed by atoms with Crippen molar-refractivity contribution in [2.45, 2.75) is 20.3 Å². The zero-order valence-corrected chi connectivity index (χ0v) is 6.72. The van der Waals surface area contributed by atoms with Gasteiger partial charge in [-0.15, -0.1) is 13.0 Å². The molecule has 0 aliphatic carbocycles. The Labute approximate surface area is 63.6 Å². The molecule has 0 aliphatic heterocycles. The van der Waals surface area contributed by atoms with E-state index in [1.54, 1.807) is 6.08 Å². The van der Waals surface area contributed by atoms with E-state index >= 15 is 0 Å². The van der Waals surface area contributed by atoms with Gasteiger partial charge in [-0.25, -0.2) is 0 Å². The first-order valence-electron chi connectivity index (χ1n) is 3.37. The molecule has 10 heavy (non-hydrogen) atoms. The quantitative estimate of drug-likeness (QED) is 0.411. The first-order chi connectivity index (χ1) is 4.62. The van der Waals surface area contributed by atoms with Crippen LogP contribution in [0.4, 0.5) is 0 Å². The average Bonchev–Trinajstić information content (AvgIpc) is 1.84. The molecule has 0 heterocycles. The van der Waals surface area contributed by atoms with Crippen LogP contribution in [0.2, 0.25) is 0 Å². The molecule has 0 N–H and O–H groups in total. The normalized spacial score (nSPS) is 11.3. The number of allylic oxidation sites excluding steroid dienone is 3. The number of terminal acetylenes is 1. The summed E-state index contributed by atoms with van der Waals surface area (Å²) < 4.78 is 0. The SMILES string of the molecule is C#C/C=C/C(C)(C)CC=C. The Morgan fingerprint density at radius 1 is 1.60 bits per heavy atom. The summed E-state index contributed by atoms with van der Waals surface area (Å²) in [5, 5.41) is 0. The Balaban J connectivity index is 4.00. The molecule has 0 radical (unpaired) electrons. The van der Waals surface area contributed by atoms with E-state index < -0.39 is 0 Å². The van der Waals surface area contributed by atoms with Crippen LogP contribution < -0.4 is 0 Å². The summed E-state index contributed by atoms with van der Waals surface area (Å²) in [6.45, 7) is 7.92. The summed E-state index contributed by atoms with van der Waals surface area (Å²) in [4.78, 5) is 0. The van der Waals surface area contributed by atoms with Gasteiger partial charge in [0.05, 0.1) is 0 Å². The standard InChI is InChI=1S/C10H14/c1-5-7-9-10(3,4)8-6-2/h1,6-7,9H,2,8H2,3-4H3/b9-7+. The zero-order valence-electron chi connectivity index (χ0n) is 6.72. The minimum atomic E-state index is 0.161. The number of hydrogen-bond acceptors (Lipinski definition) is 0. The summed E-state index contributed by atoms with van der Waals surface area (Å²) in [5.41, 5.74) is 0.161. The highest BCUT2D eigenvalue weighted by Gasteiger charge is 2.09. The van der Waals surface area contributed by atoms with Crippen molar-refractivity contribution >= 4 is 0 Å². The second-order valence-electron chi connectivity index (χ2n) is 2.98. The van der Waals surface area contributed by atoms with Crippen LogP contribution >= 0.6 is 0 Å². The van der Waals surface area contributed by atoms with Gasteiger partial charge in [-0.1, -0.05) is 31.9 Å². The molecule has 0 aliphatic rings. The fraction of sp³-hybridized carbons (Fsp3) is 0.400. The molecule has 0 saturated heterocycles. The van der Waals surface area contributed by atoms with Gasteiger partial charge in [0.1, 0.15) is 0 Å². The highest BCUT2D eigenvalue weighted by atomic mass is 14.1. The first kappa shape index (κ1) is 9.04. The highest BCUT2D eigenvalue weighted by molar-refractivity contribution is 5.12. The van der Waals surface area contributed by atoms with Gasteiger partial charge < -0.3 is 0 Å². The molecular formula is C10H14. The second kappa shape index (κ2) is 3.95. The van der Waals surface area contributed by atoms with Crippen LogP contribution in [0.5, 0.6) is 0 Å². The molecule has 0 aromatic heterocycles. The molecule has 0 atom stereocenters. The lowest BCUT2D eigenvalue weighted by Gasteiger charge is -2.16. The Hall–Kier alpha value is -0.960. The lowest BCUT2D eigenvalue weighted by molar-refractivity contribution is 0.489. The van der Waals surface area contributed by atoms with E-state index in [2.05, 4.69) is 26.3 Å². The van der Waals surface area contributed by atoms with Crippen LogP contribution in [0.1, 0.15) is 20.3 Å². The summed E-state index contributed by atoms with van der Waals surface area (Å²) in [5.74, 6) is 2.47. The van der Waals surface area contributed by atoms with Gasteiger partial charge in [0.25, 0.3) is 0 Å². The van der Waals surface area contributed by atoms with Crippen molar-refractivity contribution < 1.29 is 0 Å². The maximum Gasteiger partial charge on any atom is -0.0131 e. The van der Waals surface area contributed by atoms with E-state index in [-0.39, 0.29) is 5.41 Å². The molecule has 0 unspecified atom stereocenters. The predicted octanol–water partition coefficient (Wildman–Crippen LogP) is 2.78. The monoisotopic (exact) mass is 134 g/mol. The molecule has 0 rings (SSSR count). The Bertz CT molecular complexity index is 165. The van der Waals surface area contributed by atoms with Gasteiger partial charge >= 0.3 is 0 Å². The van der Waals surface area contributed by atoms with Gasteiger partial charge in [0.2, 0.25) is 0 Å². The highest BCUT2D eigenvalue weighted by Crippen LogP contribution is 2.21. The molecule has 0 aromatic carbocycles. The number of rotatable bonds is 3. The van der Waals surface area contributed by atoms with Crippen LogP contribution in [0.25, 0.3) is 0 Å². The van der Waals surface area contributed by atoms with Crippen molar-refractivity contribution in [2.75, 3.05) is 0 Å². The molecule has 0 spiro atoms. The summed E-state index contributed by atoms with van der Waals surface area (Å²) >= 11 is 0. The summed E-state index contributed by atoms with van der Waals surface area (Å²) in [6.07, 6.45) is 11.7. The van der Waals surface area contributed by atoms with E-state index in [1.165, 1.54) is 0 Å². The van der Waals surface area contributed by atoms with Crippen molar-refractivity contribution in [3.63, 3.8) is 0 Å². The fourth-order valence-corrected chi connectivity index (χ4v) is 0.714. The molecule has 0 heteroatoms. The Morgan fingerprint density at radius 3 is 2.60 bits per heavy atom. The minimum absolute atomic E-state index is 0.161. The Kier molecular flexibility index (Phi) is 3.57. The van der Waals surface area contributed by atoms with Gasteiger partial charge in [-0.05, 0) is 17.9 Å². The maximum absolute atomic E-state index is 5.07. The molecule has 0 fully saturated rings. The Morgan fingerprint density at radius 2 is 2.20 bits per heavy atom. The lowest BCUT2D eigenvalue weighted by atomic mass is 9.89. The fourth-order valence-electron chi connectivity index (χ4n) is 0.714. The third-order valence-electron chi connectivity index (χ3n) is 1.30. The van der Waals surface area contributed by atoms with Gasteiger partial charge in [-0.2, -0.15) is 0 Å². The topological polar surface area (TPSA) is 0 Å². The third-order valence-corrected chi connectivity index (χ3v) is 1.30. The van der Waals surface area contributed by atoms with E-state index in [0.29, 0.717) is 0 Å². The maximum atomic E-state index is 5.07. The van der Waals surface area contributed by atoms with Crippen molar-refractivity contribution in [3.05, 3.63) is 24.8 Å². The zero-order chi connectivity index (χ0) is 8.04. The van der Waals surface area contributed by atoms with Crippen molar-refractivity contribution in [3.8, 4) is 12.3 Å². The van der Waals surface area contributed by atoms with E-state index in [4.69, 9.17) is 6.42 Å². The molecule has 0 aromatic rings. The molecule has 54 valence electrons. The van der Waals surface area contributed by atoms with E-state index in [1.807, 2.05) is 12.2 Å². The van der Waals surface area contributed by atoms with Gasteiger partial charge in [-0.3, -0.25) is 0 Å². The average molecular weight is 134 g/mol. The van der Waals surface area contributed by atoms with Crippen LogP contribution in [0.15, 0.2) is 24.8 Å². The largest absolute Gasteiger partial charge is 0.115 e. The lowest BCUT2D eigenvalue weighted by Crippen LogP contribution is -2.04. The van der Waals surface area contributed by atoms with Gasteiger partial charge in [0.15, 0.2) is 0 Å². The third kappa shape index (κ3) is 3.97. The van der Waals surface area contributed by atoms with Crippen molar-refractivity contribution in [1.82, 2.24) is 0 Å². The molecular weight excluding hydrogens is 120 g/mol. The summed E-state index contributed by atoms with van der Waals surface area (Å²) in [6, 6.07) is 0. The minimum Gasteiger partial charge on any atom is -0.115 e.